The molecule has 0 N–H and O–H groups in total. The molecular formula is C25H22O2. The summed E-state index contributed by atoms with van der Waals surface area (Å²) in [6.45, 7) is 2.07. The van der Waals surface area contributed by atoms with Crippen LogP contribution in [0, 0.1) is 0 Å². The minimum absolute atomic E-state index is 0.0538. The highest BCUT2D eigenvalue weighted by Crippen LogP contribution is 2.43. The van der Waals surface area contributed by atoms with Gasteiger partial charge in [-0.1, -0.05) is 84.9 Å². The van der Waals surface area contributed by atoms with Crippen molar-refractivity contribution in [1.29, 1.82) is 0 Å². The Labute approximate surface area is 160 Å². The molecule has 0 radical (unpaired) electrons. The smallest absolute Gasteiger partial charge is 0.131 e. The Kier molecular flexibility index (Phi) is 4.80. The van der Waals surface area contributed by atoms with Gasteiger partial charge in [0.15, 0.2) is 0 Å². The lowest BCUT2D eigenvalue weighted by Crippen LogP contribution is -2.04. The van der Waals surface area contributed by atoms with Crippen LogP contribution in [0.3, 0.4) is 0 Å². The van der Waals surface area contributed by atoms with Crippen LogP contribution in [0.25, 0.3) is 21.9 Å². The molecule has 4 rings (SSSR count). The third-order valence-electron chi connectivity index (χ3n) is 4.83. The first-order valence-electron chi connectivity index (χ1n) is 9.14. The molecule has 0 amide bonds. The van der Waals surface area contributed by atoms with Crippen molar-refractivity contribution < 1.29 is 9.47 Å². The molecule has 27 heavy (non-hydrogen) atoms. The normalized spacial score (nSPS) is 11.9. The highest BCUT2D eigenvalue weighted by Gasteiger charge is 2.17. The van der Waals surface area contributed by atoms with Gasteiger partial charge in [0.1, 0.15) is 17.6 Å². The standard InChI is InChI=1S/C25H22O2/c1-18(19-11-5-3-6-12-19)27-23-17-24(26-2)25(20-13-7-4-8-14-20)22-16-10-9-15-21(22)23/h3-18H,1-2H3. The largest absolute Gasteiger partial charge is 0.496 e. The fourth-order valence-corrected chi connectivity index (χ4v) is 3.46. The van der Waals surface area contributed by atoms with Crippen molar-refractivity contribution in [3.05, 3.63) is 96.6 Å². The summed E-state index contributed by atoms with van der Waals surface area (Å²) in [6, 6.07) is 30.9. The van der Waals surface area contributed by atoms with Gasteiger partial charge in [-0.05, 0) is 23.4 Å². The summed E-state index contributed by atoms with van der Waals surface area (Å²) >= 11 is 0. The quantitative estimate of drug-likeness (QED) is 0.399. The molecule has 0 saturated carbocycles. The summed E-state index contributed by atoms with van der Waals surface area (Å²) in [4.78, 5) is 0. The van der Waals surface area contributed by atoms with E-state index < -0.39 is 0 Å². The number of hydrogen-bond acceptors (Lipinski definition) is 2. The predicted molar refractivity (Wildman–Crippen MR) is 111 cm³/mol. The number of hydrogen-bond donors (Lipinski definition) is 0. The van der Waals surface area contributed by atoms with E-state index in [9.17, 15) is 0 Å². The van der Waals surface area contributed by atoms with Crippen LogP contribution >= 0.6 is 0 Å². The Morgan fingerprint density at radius 3 is 1.93 bits per heavy atom. The first-order chi connectivity index (χ1) is 13.3. The Bertz CT molecular complexity index is 1040. The van der Waals surface area contributed by atoms with Crippen LogP contribution in [0.15, 0.2) is 91.0 Å². The molecule has 0 fully saturated rings. The average molecular weight is 354 g/mol. The molecule has 2 heteroatoms. The molecule has 0 spiro atoms. The third kappa shape index (κ3) is 3.39. The number of ether oxygens (including phenoxy) is 2. The van der Waals surface area contributed by atoms with Crippen LogP contribution in [-0.4, -0.2) is 7.11 Å². The summed E-state index contributed by atoms with van der Waals surface area (Å²) in [5.74, 6) is 1.65. The van der Waals surface area contributed by atoms with E-state index in [0.717, 1.165) is 39.0 Å². The van der Waals surface area contributed by atoms with Crippen molar-refractivity contribution in [2.45, 2.75) is 13.0 Å². The number of methoxy groups -OCH3 is 1. The highest BCUT2D eigenvalue weighted by atomic mass is 16.5. The molecular weight excluding hydrogens is 332 g/mol. The molecule has 0 saturated heterocycles. The molecule has 0 aliphatic carbocycles. The second-order valence-electron chi connectivity index (χ2n) is 6.53. The van der Waals surface area contributed by atoms with Gasteiger partial charge in [-0.15, -0.1) is 0 Å². The summed E-state index contributed by atoms with van der Waals surface area (Å²) in [7, 11) is 1.71. The van der Waals surface area contributed by atoms with E-state index in [4.69, 9.17) is 9.47 Å². The monoisotopic (exact) mass is 354 g/mol. The van der Waals surface area contributed by atoms with Crippen LogP contribution in [0.1, 0.15) is 18.6 Å². The van der Waals surface area contributed by atoms with Gasteiger partial charge in [-0.3, -0.25) is 0 Å². The lowest BCUT2D eigenvalue weighted by Gasteiger charge is -2.20. The van der Waals surface area contributed by atoms with Gasteiger partial charge < -0.3 is 9.47 Å². The van der Waals surface area contributed by atoms with Crippen LogP contribution in [-0.2, 0) is 0 Å². The van der Waals surface area contributed by atoms with Gasteiger partial charge in [0, 0.05) is 17.0 Å². The van der Waals surface area contributed by atoms with Crippen molar-refractivity contribution in [3.63, 3.8) is 0 Å². The summed E-state index contributed by atoms with van der Waals surface area (Å²) < 4.78 is 12.1. The van der Waals surface area contributed by atoms with Crippen LogP contribution in [0.5, 0.6) is 11.5 Å². The average Bonchev–Trinajstić information content (AvgIpc) is 2.74. The lowest BCUT2D eigenvalue weighted by atomic mass is 9.96. The molecule has 134 valence electrons. The predicted octanol–water partition coefficient (Wildman–Crippen LogP) is 6.66. The summed E-state index contributed by atoms with van der Waals surface area (Å²) in [6.07, 6.45) is -0.0538. The first-order valence-corrected chi connectivity index (χ1v) is 9.14. The highest BCUT2D eigenvalue weighted by molar-refractivity contribution is 6.03. The molecule has 1 atom stereocenters. The van der Waals surface area contributed by atoms with Crippen LogP contribution in [0.4, 0.5) is 0 Å². The van der Waals surface area contributed by atoms with E-state index in [1.54, 1.807) is 7.11 Å². The molecule has 0 heterocycles. The van der Waals surface area contributed by atoms with E-state index in [1.165, 1.54) is 0 Å². The maximum atomic E-state index is 6.37. The molecule has 2 nitrogen and oxygen atoms in total. The maximum absolute atomic E-state index is 6.37. The van der Waals surface area contributed by atoms with Gasteiger partial charge in [-0.2, -0.15) is 0 Å². The summed E-state index contributed by atoms with van der Waals surface area (Å²) in [5, 5.41) is 2.21. The zero-order chi connectivity index (χ0) is 18.6. The van der Waals surface area contributed by atoms with E-state index in [2.05, 4.69) is 49.4 Å². The van der Waals surface area contributed by atoms with Crippen LogP contribution < -0.4 is 9.47 Å². The third-order valence-corrected chi connectivity index (χ3v) is 4.83. The van der Waals surface area contributed by atoms with E-state index in [-0.39, 0.29) is 6.10 Å². The minimum atomic E-state index is -0.0538. The number of rotatable bonds is 5. The lowest BCUT2D eigenvalue weighted by molar-refractivity contribution is 0.229. The molecule has 4 aromatic rings. The Morgan fingerprint density at radius 2 is 1.26 bits per heavy atom. The second-order valence-corrected chi connectivity index (χ2v) is 6.53. The molecule has 0 bridgehead atoms. The van der Waals surface area contributed by atoms with Crippen molar-refractivity contribution in [2.75, 3.05) is 7.11 Å². The fourth-order valence-electron chi connectivity index (χ4n) is 3.46. The van der Waals surface area contributed by atoms with Crippen molar-refractivity contribution in [2.24, 2.45) is 0 Å². The topological polar surface area (TPSA) is 18.5 Å². The molecule has 0 aliphatic heterocycles. The van der Waals surface area contributed by atoms with Gasteiger partial charge in [0.2, 0.25) is 0 Å². The Hall–Kier alpha value is -3.26. The van der Waals surface area contributed by atoms with Gasteiger partial charge in [0.25, 0.3) is 0 Å². The first kappa shape index (κ1) is 17.2. The van der Waals surface area contributed by atoms with Gasteiger partial charge >= 0.3 is 0 Å². The molecule has 0 aromatic heterocycles. The Balaban J connectivity index is 1.86. The van der Waals surface area contributed by atoms with Gasteiger partial charge in [0.05, 0.1) is 7.11 Å². The van der Waals surface area contributed by atoms with E-state index in [1.807, 2.05) is 48.5 Å². The molecule has 4 aromatic carbocycles. The zero-order valence-corrected chi connectivity index (χ0v) is 15.6. The van der Waals surface area contributed by atoms with Crippen molar-refractivity contribution >= 4 is 10.8 Å². The van der Waals surface area contributed by atoms with Gasteiger partial charge in [-0.25, -0.2) is 0 Å². The number of benzene rings is 4. The van der Waals surface area contributed by atoms with Crippen molar-refractivity contribution in [3.8, 4) is 22.6 Å². The number of fused-ring (bicyclic) bond motifs is 1. The van der Waals surface area contributed by atoms with Crippen LogP contribution in [0.2, 0.25) is 0 Å². The second kappa shape index (κ2) is 7.55. The maximum Gasteiger partial charge on any atom is 0.131 e. The van der Waals surface area contributed by atoms with E-state index >= 15 is 0 Å². The molecule has 1 unspecified atom stereocenters. The zero-order valence-electron chi connectivity index (χ0n) is 15.6. The summed E-state index contributed by atoms with van der Waals surface area (Å²) in [5.41, 5.74) is 3.37. The fraction of sp³-hybridized carbons (Fsp3) is 0.120. The Morgan fingerprint density at radius 1 is 0.667 bits per heavy atom. The van der Waals surface area contributed by atoms with Crippen molar-refractivity contribution in [1.82, 2.24) is 0 Å². The minimum Gasteiger partial charge on any atom is -0.496 e. The van der Waals surface area contributed by atoms with E-state index in [0.29, 0.717) is 0 Å². The molecule has 0 aliphatic rings. The SMILES string of the molecule is COc1cc(OC(C)c2ccccc2)c2ccccc2c1-c1ccccc1.